The zero-order valence-electron chi connectivity index (χ0n) is 16.2. The van der Waals surface area contributed by atoms with Crippen LogP contribution in [-0.2, 0) is 11.2 Å². The van der Waals surface area contributed by atoms with E-state index in [0.29, 0.717) is 6.10 Å². The first-order chi connectivity index (χ1) is 12.2. The molecule has 5 heteroatoms. The highest BCUT2D eigenvalue weighted by atomic mass is 16.5. The zero-order valence-corrected chi connectivity index (χ0v) is 16.2. The molecule has 0 bridgehead atoms. The SMILES string of the molecule is CCNC(=NCCc1cc(C)ccc1OC)N1CCC(OCC)CC1. The standard InChI is InChI=1S/C20H33N3O2/c1-5-21-20(23-13-10-18(11-14-23)25-6-2)22-12-9-17-15-16(3)7-8-19(17)24-4/h7-8,15,18H,5-6,9-14H2,1-4H3,(H,21,22). The van der Waals surface area contributed by atoms with Gasteiger partial charge in [0.05, 0.1) is 13.2 Å². The van der Waals surface area contributed by atoms with Gasteiger partial charge in [-0.1, -0.05) is 17.7 Å². The fourth-order valence-electron chi connectivity index (χ4n) is 3.28. The molecule has 1 aromatic rings. The number of methoxy groups -OCH3 is 1. The lowest BCUT2D eigenvalue weighted by molar-refractivity contribution is 0.0264. The van der Waals surface area contributed by atoms with Crippen LogP contribution in [0.25, 0.3) is 0 Å². The van der Waals surface area contributed by atoms with E-state index in [9.17, 15) is 0 Å². The van der Waals surface area contributed by atoms with E-state index in [0.717, 1.165) is 63.8 Å². The predicted octanol–water partition coefficient (Wildman–Crippen LogP) is 3.01. The molecule has 1 aliphatic heterocycles. The van der Waals surface area contributed by atoms with E-state index in [4.69, 9.17) is 14.5 Å². The maximum Gasteiger partial charge on any atom is 0.193 e. The van der Waals surface area contributed by atoms with Crippen LogP contribution in [0, 0.1) is 6.92 Å². The van der Waals surface area contributed by atoms with Gasteiger partial charge in [0, 0.05) is 32.8 Å². The molecule has 0 aromatic heterocycles. The third-order valence-electron chi connectivity index (χ3n) is 4.56. The summed E-state index contributed by atoms with van der Waals surface area (Å²) < 4.78 is 11.2. The zero-order chi connectivity index (χ0) is 18.1. The third kappa shape index (κ3) is 5.92. The number of nitrogens with zero attached hydrogens (tertiary/aromatic N) is 2. The molecule has 1 saturated heterocycles. The fraction of sp³-hybridized carbons (Fsp3) is 0.650. The van der Waals surface area contributed by atoms with E-state index in [1.54, 1.807) is 7.11 Å². The number of likely N-dealkylation sites (tertiary alicyclic amines) is 1. The highest BCUT2D eigenvalue weighted by molar-refractivity contribution is 5.80. The normalized spacial score (nSPS) is 16.2. The molecule has 0 radical (unpaired) electrons. The Labute approximate surface area is 152 Å². The van der Waals surface area contributed by atoms with Gasteiger partial charge in [-0.2, -0.15) is 0 Å². The van der Waals surface area contributed by atoms with E-state index >= 15 is 0 Å². The Kier molecular flexibility index (Phi) is 8.06. The largest absolute Gasteiger partial charge is 0.496 e. The molecular weight excluding hydrogens is 314 g/mol. The minimum Gasteiger partial charge on any atom is -0.496 e. The van der Waals surface area contributed by atoms with Crippen LogP contribution in [0.1, 0.15) is 37.8 Å². The lowest BCUT2D eigenvalue weighted by atomic mass is 10.1. The number of piperidine rings is 1. The number of aryl methyl sites for hydroxylation is 1. The van der Waals surface area contributed by atoms with Crippen LogP contribution in [0.3, 0.4) is 0 Å². The summed E-state index contributed by atoms with van der Waals surface area (Å²) in [5, 5.41) is 3.43. The van der Waals surface area contributed by atoms with Crippen molar-refractivity contribution in [3.8, 4) is 5.75 Å². The Morgan fingerprint density at radius 1 is 1.28 bits per heavy atom. The molecule has 0 amide bonds. The van der Waals surface area contributed by atoms with Crippen molar-refractivity contribution in [3.63, 3.8) is 0 Å². The van der Waals surface area contributed by atoms with Crippen LogP contribution in [-0.4, -0.2) is 56.9 Å². The van der Waals surface area contributed by atoms with Crippen molar-refractivity contribution in [2.75, 3.05) is 39.9 Å². The van der Waals surface area contributed by atoms with E-state index < -0.39 is 0 Å². The summed E-state index contributed by atoms with van der Waals surface area (Å²) in [6.45, 7) is 10.7. The average molecular weight is 348 g/mol. The van der Waals surface area contributed by atoms with Crippen molar-refractivity contribution in [3.05, 3.63) is 29.3 Å². The van der Waals surface area contributed by atoms with Gasteiger partial charge >= 0.3 is 0 Å². The first-order valence-corrected chi connectivity index (χ1v) is 9.46. The minimum atomic E-state index is 0.403. The number of guanidine groups is 1. The van der Waals surface area contributed by atoms with Gasteiger partial charge in [-0.3, -0.25) is 4.99 Å². The average Bonchev–Trinajstić information content (AvgIpc) is 2.62. The van der Waals surface area contributed by atoms with Crippen LogP contribution in [0.15, 0.2) is 23.2 Å². The minimum absolute atomic E-state index is 0.403. The molecule has 1 N–H and O–H groups in total. The summed E-state index contributed by atoms with van der Waals surface area (Å²) in [5.41, 5.74) is 2.47. The Hall–Kier alpha value is -1.75. The highest BCUT2D eigenvalue weighted by Crippen LogP contribution is 2.20. The van der Waals surface area contributed by atoms with E-state index in [1.165, 1.54) is 11.1 Å². The topological polar surface area (TPSA) is 46.1 Å². The molecule has 2 rings (SSSR count). The van der Waals surface area contributed by atoms with Crippen LogP contribution in [0.4, 0.5) is 0 Å². The molecule has 1 aromatic carbocycles. The van der Waals surface area contributed by atoms with Crippen molar-refractivity contribution in [2.24, 2.45) is 4.99 Å². The van der Waals surface area contributed by atoms with Crippen LogP contribution < -0.4 is 10.1 Å². The Morgan fingerprint density at radius 2 is 2.04 bits per heavy atom. The highest BCUT2D eigenvalue weighted by Gasteiger charge is 2.21. The maximum atomic E-state index is 5.75. The van der Waals surface area contributed by atoms with Gasteiger partial charge in [-0.15, -0.1) is 0 Å². The molecule has 0 spiro atoms. The molecule has 140 valence electrons. The van der Waals surface area contributed by atoms with Crippen molar-refractivity contribution in [2.45, 2.75) is 46.1 Å². The van der Waals surface area contributed by atoms with Crippen molar-refractivity contribution in [1.82, 2.24) is 10.2 Å². The first-order valence-electron chi connectivity index (χ1n) is 9.46. The van der Waals surface area contributed by atoms with E-state index in [2.05, 4.69) is 43.1 Å². The van der Waals surface area contributed by atoms with Gasteiger partial charge in [0.25, 0.3) is 0 Å². The molecular formula is C20H33N3O2. The number of benzene rings is 1. The number of hydrogen-bond acceptors (Lipinski definition) is 3. The lowest BCUT2D eigenvalue weighted by Gasteiger charge is -2.34. The van der Waals surface area contributed by atoms with Crippen molar-refractivity contribution in [1.29, 1.82) is 0 Å². The second-order valence-corrected chi connectivity index (χ2v) is 6.44. The second kappa shape index (κ2) is 10.3. The summed E-state index contributed by atoms with van der Waals surface area (Å²) in [5.74, 6) is 1.97. The van der Waals surface area contributed by atoms with E-state index in [-0.39, 0.29) is 0 Å². The summed E-state index contributed by atoms with van der Waals surface area (Å²) in [4.78, 5) is 7.20. The summed E-state index contributed by atoms with van der Waals surface area (Å²) in [7, 11) is 1.73. The van der Waals surface area contributed by atoms with Crippen LogP contribution >= 0.6 is 0 Å². The summed E-state index contributed by atoms with van der Waals surface area (Å²) >= 11 is 0. The van der Waals surface area contributed by atoms with Gasteiger partial charge in [0.15, 0.2) is 5.96 Å². The smallest absolute Gasteiger partial charge is 0.193 e. The van der Waals surface area contributed by atoms with Gasteiger partial charge in [0.2, 0.25) is 0 Å². The molecule has 0 saturated carbocycles. The number of aliphatic imine (C=N–C) groups is 1. The molecule has 1 fully saturated rings. The van der Waals surface area contributed by atoms with E-state index in [1.807, 2.05) is 6.07 Å². The molecule has 5 nitrogen and oxygen atoms in total. The Morgan fingerprint density at radius 3 is 2.68 bits per heavy atom. The maximum absolute atomic E-state index is 5.75. The lowest BCUT2D eigenvalue weighted by Crippen LogP contribution is -2.47. The van der Waals surface area contributed by atoms with Gasteiger partial charge in [-0.05, 0) is 51.7 Å². The van der Waals surface area contributed by atoms with Crippen molar-refractivity contribution >= 4 is 5.96 Å². The second-order valence-electron chi connectivity index (χ2n) is 6.44. The molecule has 25 heavy (non-hydrogen) atoms. The molecule has 0 aliphatic carbocycles. The van der Waals surface area contributed by atoms with Gasteiger partial charge < -0.3 is 19.7 Å². The molecule has 1 heterocycles. The monoisotopic (exact) mass is 347 g/mol. The molecule has 0 unspecified atom stereocenters. The van der Waals surface area contributed by atoms with Gasteiger partial charge in [-0.25, -0.2) is 0 Å². The Bertz CT molecular complexity index is 552. The number of nitrogens with one attached hydrogen (secondary N) is 1. The van der Waals surface area contributed by atoms with Crippen LogP contribution in [0.5, 0.6) is 5.75 Å². The Balaban J connectivity index is 1.95. The van der Waals surface area contributed by atoms with Crippen LogP contribution in [0.2, 0.25) is 0 Å². The van der Waals surface area contributed by atoms with Crippen molar-refractivity contribution < 1.29 is 9.47 Å². The fourth-order valence-corrected chi connectivity index (χ4v) is 3.28. The summed E-state index contributed by atoms with van der Waals surface area (Å²) in [6, 6.07) is 6.31. The molecule has 1 aliphatic rings. The summed E-state index contributed by atoms with van der Waals surface area (Å²) in [6.07, 6.45) is 3.43. The first kappa shape index (κ1) is 19.6. The number of hydrogen-bond donors (Lipinski definition) is 1. The number of rotatable bonds is 7. The third-order valence-corrected chi connectivity index (χ3v) is 4.56. The predicted molar refractivity (Wildman–Crippen MR) is 104 cm³/mol. The number of ether oxygens (including phenoxy) is 2. The quantitative estimate of drug-likeness (QED) is 0.608. The van der Waals surface area contributed by atoms with Gasteiger partial charge in [0.1, 0.15) is 5.75 Å². The molecule has 0 atom stereocenters.